The summed E-state index contributed by atoms with van der Waals surface area (Å²) in [6.07, 6.45) is 2.46. The number of nitrogens with zero attached hydrogens (tertiary/aromatic N) is 2. The number of pyridine rings is 1. The van der Waals surface area contributed by atoms with Crippen LogP contribution in [0.1, 0.15) is 35.0 Å². The van der Waals surface area contributed by atoms with Crippen molar-refractivity contribution in [3.63, 3.8) is 0 Å². The van der Waals surface area contributed by atoms with E-state index in [4.69, 9.17) is 4.74 Å². The van der Waals surface area contributed by atoms with Gasteiger partial charge in [0, 0.05) is 18.3 Å². The Morgan fingerprint density at radius 1 is 1.38 bits per heavy atom. The number of carbonyl (C=O) groups excluding carboxylic acids is 1. The second-order valence-corrected chi connectivity index (χ2v) is 5.84. The number of aromatic nitrogens is 1. The minimum absolute atomic E-state index is 0.112. The number of aliphatic hydroxyl groups excluding tert-OH is 1. The Hall–Kier alpha value is -2.47. The lowest BCUT2D eigenvalue weighted by molar-refractivity contribution is 0.0597. The first-order chi connectivity index (χ1) is 11.6. The molecule has 1 saturated carbocycles. The molecule has 1 aliphatic rings. The van der Waals surface area contributed by atoms with Crippen LogP contribution < -0.4 is 4.74 Å². The van der Waals surface area contributed by atoms with Gasteiger partial charge in [0.2, 0.25) is 0 Å². The van der Waals surface area contributed by atoms with Crippen LogP contribution in [0.25, 0.3) is 0 Å². The Labute approximate surface area is 139 Å². The van der Waals surface area contributed by atoms with E-state index in [0.29, 0.717) is 11.3 Å². The topological polar surface area (TPSA) is 62.7 Å². The van der Waals surface area contributed by atoms with Crippen LogP contribution in [-0.4, -0.2) is 40.6 Å². The molecule has 1 fully saturated rings. The van der Waals surface area contributed by atoms with Gasteiger partial charge in [0.1, 0.15) is 17.3 Å². The molecule has 6 heteroatoms. The van der Waals surface area contributed by atoms with Gasteiger partial charge in [0.05, 0.1) is 19.8 Å². The van der Waals surface area contributed by atoms with Crippen LogP contribution >= 0.6 is 0 Å². The number of carbonyl (C=O) groups is 1. The van der Waals surface area contributed by atoms with Gasteiger partial charge in [-0.05, 0) is 36.6 Å². The Balaban J connectivity index is 1.76. The van der Waals surface area contributed by atoms with Crippen molar-refractivity contribution in [3.8, 4) is 5.75 Å². The molecule has 0 bridgehead atoms. The van der Waals surface area contributed by atoms with Gasteiger partial charge in [-0.25, -0.2) is 4.39 Å². The lowest BCUT2D eigenvalue weighted by Gasteiger charge is -2.25. The molecule has 1 aromatic carbocycles. The smallest absolute Gasteiger partial charge is 0.272 e. The summed E-state index contributed by atoms with van der Waals surface area (Å²) in [7, 11) is 1.53. The fourth-order valence-electron chi connectivity index (χ4n) is 2.56. The highest BCUT2D eigenvalue weighted by Gasteiger charge is 2.35. The predicted octanol–water partition coefficient (Wildman–Crippen LogP) is 2.57. The fraction of sp³-hybridized carbons (Fsp3) is 0.333. The third-order valence-electron chi connectivity index (χ3n) is 4.06. The van der Waals surface area contributed by atoms with E-state index in [0.717, 1.165) is 12.8 Å². The predicted molar refractivity (Wildman–Crippen MR) is 86.2 cm³/mol. The maximum absolute atomic E-state index is 13.0. The molecular weight excluding hydrogens is 311 g/mol. The molecule has 1 aliphatic carbocycles. The first kappa shape index (κ1) is 16.4. The van der Waals surface area contributed by atoms with Gasteiger partial charge >= 0.3 is 0 Å². The number of halogens is 1. The number of rotatable bonds is 6. The van der Waals surface area contributed by atoms with E-state index >= 15 is 0 Å². The van der Waals surface area contributed by atoms with E-state index in [1.165, 1.54) is 37.6 Å². The van der Waals surface area contributed by atoms with E-state index < -0.39 is 6.10 Å². The second kappa shape index (κ2) is 6.97. The Kier molecular flexibility index (Phi) is 4.76. The van der Waals surface area contributed by atoms with Crippen LogP contribution in [0.4, 0.5) is 4.39 Å². The molecule has 126 valence electrons. The molecule has 0 aliphatic heterocycles. The van der Waals surface area contributed by atoms with Crippen molar-refractivity contribution in [2.45, 2.75) is 25.0 Å². The van der Waals surface area contributed by atoms with Gasteiger partial charge in [0.15, 0.2) is 0 Å². The highest BCUT2D eigenvalue weighted by molar-refractivity contribution is 5.93. The molecule has 0 saturated heterocycles. The quantitative estimate of drug-likeness (QED) is 0.884. The molecule has 1 aromatic heterocycles. The van der Waals surface area contributed by atoms with Crippen molar-refractivity contribution < 1.29 is 19.0 Å². The number of amides is 1. The van der Waals surface area contributed by atoms with Crippen molar-refractivity contribution >= 4 is 5.91 Å². The third kappa shape index (κ3) is 3.71. The molecule has 5 nitrogen and oxygen atoms in total. The van der Waals surface area contributed by atoms with Crippen molar-refractivity contribution in [2.75, 3.05) is 13.7 Å². The summed E-state index contributed by atoms with van der Waals surface area (Å²) >= 11 is 0. The number of ether oxygens (including phenoxy) is 1. The van der Waals surface area contributed by atoms with Crippen LogP contribution in [0.3, 0.4) is 0 Å². The SMILES string of the molecule is COc1ccnc(C(=O)N(CC(O)c2ccc(F)cc2)C2CC2)c1. The molecule has 24 heavy (non-hydrogen) atoms. The van der Waals surface area contributed by atoms with E-state index in [1.54, 1.807) is 17.0 Å². The molecule has 0 spiro atoms. The normalized spacial score (nSPS) is 15.0. The molecule has 1 atom stereocenters. The number of hydrogen-bond acceptors (Lipinski definition) is 4. The molecular formula is C18H19FN2O3. The first-order valence-electron chi connectivity index (χ1n) is 7.83. The van der Waals surface area contributed by atoms with Gasteiger partial charge in [-0.2, -0.15) is 0 Å². The summed E-state index contributed by atoms with van der Waals surface area (Å²) < 4.78 is 18.1. The average Bonchev–Trinajstić information content (AvgIpc) is 3.44. The van der Waals surface area contributed by atoms with Gasteiger partial charge in [-0.15, -0.1) is 0 Å². The number of methoxy groups -OCH3 is 1. The van der Waals surface area contributed by atoms with Crippen molar-refractivity contribution in [2.24, 2.45) is 0 Å². The van der Waals surface area contributed by atoms with Crippen LogP contribution in [0, 0.1) is 5.82 Å². The third-order valence-corrected chi connectivity index (χ3v) is 4.06. The van der Waals surface area contributed by atoms with Gasteiger partial charge in [-0.1, -0.05) is 12.1 Å². The Morgan fingerprint density at radius 2 is 2.08 bits per heavy atom. The molecule has 1 amide bonds. The van der Waals surface area contributed by atoms with E-state index in [2.05, 4.69) is 4.98 Å². The van der Waals surface area contributed by atoms with Crippen LogP contribution in [0.15, 0.2) is 42.6 Å². The zero-order valence-corrected chi connectivity index (χ0v) is 13.4. The van der Waals surface area contributed by atoms with Gasteiger partial charge in [0.25, 0.3) is 5.91 Å². The largest absolute Gasteiger partial charge is 0.497 e. The van der Waals surface area contributed by atoms with E-state index in [1.807, 2.05) is 0 Å². The van der Waals surface area contributed by atoms with Crippen molar-refractivity contribution in [1.29, 1.82) is 0 Å². The van der Waals surface area contributed by atoms with E-state index in [-0.39, 0.29) is 30.0 Å². The fourth-order valence-corrected chi connectivity index (χ4v) is 2.56. The van der Waals surface area contributed by atoms with Crippen molar-refractivity contribution in [1.82, 2.24) is 9.88 Å². The standard InChI is InChI=1S/C18H19FN2O3/c1-24-15-8-9-20-16(10-15)18(23)21(14-6-7-14)11-17(22)12-2-4-13(19)5-3-12/h2-5,8-10,14,17,22H,6-7,11H2,1H3. The molecule has 3 rings (SSSR count). The van der Waals surface area contributed by atoms with Gasteiger partial charge < -0.3 is 14.7 Å². The van der Waals surface area contributed by atoms with Crippen LogP contribution in [-0.2, 0) is 0 Å². The van der Waals surface area contributed by atoms with Gasteiger partial charge in [-0.3, -0.25) is 9.78 Å². The summed E-state index contributed by atoms with van der Waals surface area (Å²) in [5, 5.41) is 10.4. The Morgan fingerprint density at radius 3 is 2.71 bits per heavy atom. The molecule has 1 heterocycles. The van der Waals surface area contributed by atoms with E-state index in [9.17, 15) is 14.3 Å². The summed E-state index contributed by atoms with van der Waals surface area (Å²) in [6.45, 7) is 0.147. The highest BCUT2D eigenvalue weighted by atomic mass is 19.1. The summed E-state index contributed by atoms with van der Waals surface area (Å²) in [5.74, 6) is -0.0394. The maximum Gasteiger partial charge on any atom is 0.272 e. The second-order valence-electron chi connectivity index (χ2n) is 5.84. The Bertz CT molecular complexity index is 716. The highest BCUT2D eigenvalue weighted by Crippen LogP contribution is 2.30. The molecule has 2 aromatic rings. The lowest BCUT2D eigenvalue weighted by Crippen LogP contribution is -2.37. The zero-order chi connectivity index (χ0) is 17.1. The monoisotopic (exact) mass is 330 g/mol. The number of benzene rings is 1. The average molecular weight is 330 g/mol. The van der Waals surface area contributed by atoms with Crippen molar-refractivity contribution in [3.05, 3.63) is 59.7 Å². The molecule has 1 N–H and O–H groups in total. The lowest BCUT2D eigenvalue weighted by atomic mass is 10.1. The number of aliphatic hydroxyl groups is 1. The summed E-state index contributed by atoms with van der Waals surface area (Å²) in [5.41, 5.74) is 0.862. The van der Waals surface area contributed by atoms with Crippen LogP contribution in [0.2, 0.25) is 0 Å². The minimum atomic E-state index is -0.874. The summed E-state index contributed by atoms with van der Waals surface area (Å²) in [4.78, 5) is 18.5. The first-order valence-corrected chi connectivity index (χ1v) is 7.83. The van der Waals surface area contributed by atoms with Crippen LogP contribution in [0.5, 0.6) is 5.75 Å². The zero-order valence-electron chi connectivity index (χ0n) is 13.4. The minimum Gasteiger partial charge on any atom is -0.497 e. The number of hydrogen-bond donors (Lipinski definition) is 1. The maximum atomic E-state index is 13.0. The summed E-state index contributed by atoms with van der Waals surface area (Å²) in [6, 6.07) is 9.02. The molecule has 0 radical (unpaired) electrons. The molecule has 1 unspecified atom stereocenters.